The molecule has 1 atom stereocenters. The molecule has 7 fully saturated rings. The summed E-state index contributed by atoms with van der Waals surface area (Å²) in [5, 5.41) is 13.6. The second kappa shape index (κ2) is 12.6. The normalized spacial score (nSPS) is 31.5. The SMILES string of the molecule is O=C(NC1(C(=O)O)C2CC3CC(C2)CC1C3)c1cnc(-c2cn(C3CCC(F)(F)CC3)c3cc(O[C@@H]4CCN(C5COC5)C4)ccc23)nc1C(F)(F)F. The summed E-state index contributed by atoms with van der Waals surface area (Å²) in [6.45, 7) is 3.01. The molecule has 10 rings (SSSR count). The Balaban J connectivity index is 1.05. The van der Waals surface area contributed by atoms with Gasteiger partial charge in [0.2, 0.25) is 5.92 Å². The third kappa shape index (κ3) is 6.05. The minimum Gasteiger partial charge on any atom is -0.489 e. The molecule has 7 aliphatic rings. The van der Waals surface area contributed by atoms with Crippen molar-refractivity contribution in [1.82, 2.24) is 24.8 Å². The number of likely N-dealkylation sites (tertiary alicyclic amines) is 1. The second-order valence-electron chi connectivity index (χ2n) is 16.3. The monoisotopic (exact) mass is 743 g/mol. The molecule has 4 bridgehead atoms. The molecule has 3 aromatic rings. The molecule has 1 amide bonds. The molecule has 0 unspecified atom stereocenters. The van der Waals surface area contributed by atoms with E-state index < -0.39 is 40.8 Å². The van der Waals surface area contributed by atoms with E-state index in [-0.39, 0.29) is 61.1 Å². The summed E-state index contributed by atoms with van der Waals surface area (Å²) in [5.41, 5.74) is -3.12. The van der Waals surface area contributed by atoms with Gasteiger partial charge in [-0.2, -0.15) is 13.2 Å². The number of halogens is 5. The molecule has 5 aliphatic carbocycles. The molecule has 4 heterocycles. The van der Waals surface area contributed by atoms with Crippen molar-refractivity contribution in [2.24, 2.45) is 23.7 Å². The van der Waals surface area contributed by atoms with Crippen LogP contribution in [0.25, 0.3) is 22.3 Å². The Hall–Kier alpha value is -3.85. The highest BCUT2D eigenvalue weighted by Crippen LogP contribution is 2.58. The summed E-state index contributed by atoms with van der Waals surface area (Å²) >= 11 is 0. The lowest BCUT2D eigenvalue weighted by molar-refractivity contribution is -0.163. The second-order valence-corrected chi connectivity index (χ2v) is 16.3. The number of hydrogen-bond donors (Lipinski definition) is 2. The van der Waals surface area contributed by atoms with E-state index in [1.54, 1.807) is 24.4 Å². The fourth-order valence-corrected chi connectivity index (χ4v) is 10.6. The first kappa shape index (κ1) is 34.9. The third-order valence-corrected chi connectivity index (χ3v) is 13.1. The van der Waals surface area contributed by atoms with Gasteiger partial charge in [-0.1, -0.05) is 0 Å². The van der Waals surface area contributed by atoms with E-state index in [1.165, 1.54) is 0 Å². The van der Waals surface area contributed by atoms with E-state index in [4.69, 9.17) is 9.47 Å². The number of nitrogens with one attached hydrogen (secondary N) is 1. The zero-order chi connectivity index (χ0) is 36.9. The number of hydrogen-bond acceptors (Lipinski definition) is 7. The van der Waals surface area contributed by atoms with Crippen molar-refractivity contribution in [2.45, 2.75) is 100 Å². The molecule has 2 aliphatic heterocycles. The highest BCUT2D eigenvalue weighted by molar-refractivity contribution is 6.00. The average molecular weight is 744 g/mol. The molecule has 0 radical (unpaired) electrons. The van der Waals surface area contributed by atoms with Crippen LogP contribution in [0.1, 0.15) is 86.3 Å². The fraction of sp³-hybridized carbons (Fsp3) is 0.632. The number of alkyl halides is 5. The lowest BCUT2D eigenvalue weighted by atomic mass is 9.48. The number of carboxylic acid groups (broad SMARTS) is 1. The molecule has 2 saturated heterocycles. The number of amides is 1. The van der Waals surface area contributed by atoms with Crippen LogP contribution in [0.2, 0.25) is 0 Å². The van der Waals surface area contributed by atoms with Gasteiger partial charge >= 0.3 is 12.1 Å². The maximum Gasteiger partial charge on any atom is 0.434 e. The summed E-state index contributed by atoms with van der Waals surface area (Å²) in [7, 11) is 0. The lowest BCUT2D eigenvalue weighted by Gasteiger charge is -2.59. The smallest absolute Gasteiger partial charge is 0.434 e. The van der Waals surface area contributed by atoms with Gasteiger partial charge in [0.15, 0.2) is 11.5 Å². The van der Waals surface area contributed by atoms with Gasteiger partial charge in [-0.15, -0.1) is 0 Å². The van der Waals surface area contributed by atoms with E-state index >= 15 is 0 Å². The number of carboxylic acids is 1. The van der Waals surface area contributed by atoms with Crippen molar-refractivity contribution in [3.05, 3.63) is 41.9 Å². The van der Waals surface area contributed by atoms with Crippen molar-refractivity contribution < 1.29 is 46.1 Å². The van der Waals surface area contributed by atoms with Gasteiger partial charge in [0.05, 0.1) is 30.3 Å². The van der Waals surface area contributed by atoms with Gasteiger partial charge in [0.25, 0.3) is 5.91 Å². The van der Waals surface area contributed by atoms with Crippen LogP contribution in [0, 0.1) is 23.7 Å². The molecule has 1 aromatic carbocycles. The Morgan fingerprint density at radius 2 is 1.68 bits per heavy atom. The Morgan fingerprint density at radius 3 is 2.30 bits per heavy atom. The van der Waals surface area contributed by atoms with E-state index in [0.717, 1.165) is 32.1 Å². The zero-order valence-electron chi connectivity index (χ0n) is 29.1. The molecule has 53 heavy (non-hydrogen) atoms. The van der Waals surface area contributed by atoms with Gasteiger partial charge in [0, 0.05) is 61.4 Å². The number of aromatic nitrogens is 3. The van der Waals surface area contributed by atoms with Gasteiger partial charge in [0.1, 0.15) is 17.4 Å². The fourth-order valence-electron chi connectivity index (χ4n) is 10.6. The van der Waals surface area contributed by atoms with Crippen molar-refractivity contribution in [3.8, 4) is 17.1 Å². The van der Waals surface area contributed by atoms with Crippen LogP contribution in [0.5, 0.6) is 5.75 Å². The maximum absolute atomic E-state index is 14.8. The Kier molecular flexibility index (Phi) is 8.30. The van der Waals surface area contributed by atoms with Gasteiger partial charge in [-0.05, 0) is 87.2 Å². The number of nitrogens with zero attached hydrogens (tertiary/aromatic N) is 4. The van der Waals surface area contributed by atoms with Crippen LogP contribution in [0.3, 0.4) is 0 Å². The number of aliphatic carboxylic acids is 1. The van der Waals surface area contributed by atoms with E-state index in [9.17, 15) is 36.6 Å². The molecule has 0 spiro atoms. The summed E-state index contributed by atoms with van der Waals surface area (Å²) in [6.07, 6.45) is 1.33. The first-order chi connectivity index (χ1) is 25.3. The lowest BCUT2D eigenvalue weighted by Crippen LogP contribution is -2.70. The van der Waals surface area contributed by atoms with Crippen molar-refractivity contribution >= 4 is 22.8 Å². The average Bonchev–Trinajstić information content (AvgIpc) is 3.69. The van der Waals surface area contributed by atoms with Gasteiger partial charge in [-0.25, -0.2) is 23.5 Å². The molecular weight excluding hydrogens is 701 g/mol. The number of carbonyl (C=O) groups is 2. The standard InChI is InChI=1S/C38H42F5N5O5/c39-36(40)6-3-24(4-7-36)48-17-30(28-2-1-26(14-31(28)48)53-27-5-8-47(16-27)25-18-52-19-25)33-44-15-29(32(45-33)38(41,42)43)34(49)46-37(35(50)51)22-10-20-9-21(12-22)13-23(37)11-20/h1-2,14-15,17,20-25,27H,3-13,16,18-19H2,(H,46,49)(H,50,51)/t20?,21?,22?,23?,27-,37?/m1/s1. The van der Waals surface area contributed by atoms with Crippen LogP contribution in [-0.2, 0) is 15.7 Å². The quantitative estimate of drug-likeness (QED) is 0.244. The molecule has 2 aromatic heterocycles. The Bertz CT molecular complexity index is 1910. The van der Waals surface area contributed by atoms with E-state index in [0.29, 0.717) is 73.4 Å². The van der Waals surface area contributed by atoms with Crippen molar-refractivity contribution in [2.75, 3.05) is 26.3 Å². The van der Waals surface area contributed by atoms with Gasteiger partial charge in [-0.3, -0.25) is 9.69 Å². The number of rotatable bonds is 8. The highest BCUT2D eigenvalue weighted by Gasteiger charge is 2.62. The molecule has 15 heteroatoms. The first-order valence-electron chi connectivity index (χ1n) is 18.8. The molecular formula is C38H42F5N5O5. The van der Waals surface area contributed by atoms with Crippen LogP contribution < -0.4 is 10.1 Å². The van der Waals surface area contributed by atoms with E-state index in [2.05, 4.69) is 20.2 Å². The largest absolute Gasteiger partial charge is 0.489 e. The minimum atomic E-state index is -5.07. The van der Waals surface area contributed by atoms with Crippen LogP contribution >= 0.6 is 0 Å². The summed E-state index contributed by atoms with van der Waals surface area (Å²) < 4.78 is 86.3. The first-order valence-corrected chi connectivity index (χ1v) is 18.8. The van der Waals surface area contributed by atoms with Gasteiger partial charge < -0.3 is 24.5 Å². The predicted molar refractivity (Wildman–Crippen MR) is 181 cm³/mol. The zero-order valence-corrected chi connectivity index (χ0v) is 29.1. The van der Waals surface area contributed by atoms with Crippen molar-refractivity contribution in [1.29, 1.82) is 0 Å². The summed E-state index contributed by atoms with van der Waals surface area (Å²) in [5.74, 6) is -4.89. The number of ether oxygens (including phenoxy) is 2. The highest BCUT2D eigenvalue weighted by atomic mass is 19.4. The Labute approximate surface area is 302 Å². The molecule has 284 valence electrons. The summed E-state index contributed by atoms with van der Waals surface area (Å²) in [6, 6.07) is 5.29. The predicted octanol–water partition coefficient (Wildman–Crippen LogP) is 6.73. The van der Waals surface area contributed by atoms with E-state index in [1.807, 2.05) is 4.57 Å². The van der Waals surface area contributed by atoms with Crippen molar-refractivity contribution in [3.63, 3.8) is 0 Å². The van der Waals surface area contributed by atoms with Crippen LogP contribution in [0.4, 0.5) is 22.0 Å². The molecule has 5 saturated carbocycles. The molecule has 2 N–H and O–H groups in total. The minimum absolute atomic E-state index is 0.0696. The Morgan fingerprint density at radius 1 is 0.981 bits per heavy atom. The maximum atomic E-state index is 14.8. The number of fused-ring (bicyclic) bond motifs is 1. The van der Waals surface area contributed by atoms with Crippen LogP contribution in [0.15, 0.2) is 30.6 Å². The van der Waals surface area contributed by atoms with Crippen LogP contribution in [-0.4, -0.2) is 86.3 Å². The number of carbonyl (C=O) groups excluding carboxylic acids is 1. The third-order valence-electron chi connectivity index (χ3n) is 13.1. The molecule has 10 nitrogen and oxygen atoms in total. The number of benzene rings is 1. The summed E-state index contributed by atoms with van der Waals surface area (Å²) in [4.78, 5) is 37.1. The topological polar surface area (TPSA) is 119 Å².